The molecule has 0 unspecified atom stereocenters. The van der Waals surface area contributed by atoms with Crippen molar-refractivity contribution in [2.75, 3.05) is 39.0 Å². The molecule has 0 bridgehead atoms. The van der Waals surface area contributed by atoms with Crippen LogP contribution in [0.1, 0.15) is 18.9 Å². The molecule has 1 heterocycles. The van der Waals surface area contributed by atoms with Gasteiger partial charge in [0.25, 0.3) is 0 Å². The Labute approximate surface area is 113 Å². The van der Waals surface area contributed by atoms with Crippen molar-refractivity contribution in [2.45, 2.75) is 19.8 Å². The maximum atomic E-state index is 5.57. The van der Waals surface area contributed by atoms with E-state index >= 15 is 0 Å². The molecule has 1 rings (SSSR count). The van der Waals surface area contributed by atoms with Gasteiger partial charge in [0.05, 0.1) is 12.2 Å². The number of nitrogen functional groups attached to an aromatic ring is 1. The minimum absolute atomic E-state index is 0.445. The predicted octanol–water partition coefficient (Wildman–Crippen LogP) is 0.756. The molecule has 7 nitrogen and oxygen atoms in total. The van der Waals surface area contributed by atoms with Crippen molar-refractivity contribution in [1.29, 1.82) is 0 Å². The van der Waals surface area contributed by atoms with E-state index in [0.29, 0.717) is 38.1 Å². The number of nitrogens with zero attached hydrogens (tertiary/aromatic N) is 2. The van der Waals surface area contributed by atoms with Gasteiger partial charge in [0.1, 0.15) is 18.8 Å². The van der Waals surface area contributed by atoms with Gasteiger partial charge in [0, 0.05) is 20.3 Å². The second-order valence-electron chi connectivity index (χ2n) is 3.81. The summed E-state index contributed by atoms with van der Waals surface area (Å²) >= 11 is 0. The molecule has 0 saturated heterocycles. The molecule has 0 aromatic carbocycles. The van der Waals surface area contributed by atoms with Crippen LogP contribution in [0.4, 0.5) is 5.82 Å². The van der Waals surface area contributed by atoms with Crippen molar-refractivity contribution in [3.8, 4) is 5.88 Å². The second-order valence-corrected chi connectivity index (χ2v) is 3.81. The van der Waals surface area contributed by atoms with Gasteiger partial charge in [0.2, 0.25) is 5.88 Å². The van der Waals surface area contributed by atoms with Gasteiger partial charge in [-0.2, -0.15) is 0 Å². The maximum Gasteiger partial charge on any atom is 0.221 e. The maximum absolute atomic E-state index is 5.57. The van der Waals surface area contributed by atoms with Gasteiger partial charge in [-0.05, 0) is 12.8 Å². The molecule has 0 aliphatic heterocycles. The third-order valence-electron chi connectivity index (χ3n) is 2.50. The number of nitrogens with one attached hydrogen (secondary N) is 1. The molecule has 0 atom stereocenters. The number of ether oxygens (including phenoxy) is 3. The fourth-order valence-corrected chi connectivity index (χ4v) is 1.57. The molecule has 19 heavy (non-hydrogen) atoms. The highest BCUT2D eigenvalue weighted by molar-refractivity contribution is 5.47. The molecular weight excluding hydrogens is 248 g/mol. The number of hydrogen-bond donors (Lipinski definition) is 2. The molecule has 7 heteroatoms. The van der Waals surface area contributed by atoms with Crippen molar-refractivity contribution >= 4 is 5.82 Å². The summed E-state index contributed by atoms with van der Waals surface area (Å²) in [5.74, 6) is 6.52. The molecule has 1 aromatic rings. The van der Waals surface area contributed by atoms with Gasteiger partial charge < -0.3 is 19.6 Å². The largest absolute Gasteiger partial charge is 0.475 e. The van der Waals surface area contributed by atoms with E-state index in [-0.39, 0.29) is 0 Å². The van der Waals surface area contributed by atoms with Gasteiger partial charge in [0.15, 0.2) is 0 Å². The summed E-state index contributed by atoms with van der Waals surface area (Å²) in [6.07, 6.45) is 3.04. The lowest BCUT2D eigenvalue weighted by Crippen LogP contribution is -2.14. The van der Waals surface area contributed by atoms with Crippen LogP contribution in [0.15, 0.2) is 6.33 Å². The van der Waals surface area contributed by atoms with Crippen LogP contribution < -0.4 is 16.0 Å². The van der Waals surface area contributed by atoms with Crippen LogP contribution in [0.5, 0.6) is 5.88 Å². The van der Waals surface area contributed by atoms with Gasteiger partial charge in [-0.3, -0.25) is 0 Å². The lowest BCUT2D eigenvalue weighted by molar-refractivity contribution is 0.0793. The van der Waals surface area contributed by atoms with Crippen molar-refractivity contribution in [3.63, 3.8) is 0 Å². The lowest BCUT2D eigenvalue weighted by Gasteiger charge is -2.12. The topological polar surface area (TPSA) is 91.5 Å². The van der Waals surface area contributed by atoms with Crippen LogP contribution in [-0.2, 0) is 15.9 Å². The first-order valence-corrected chi connectivity index (χ1v) is 6.33. The van der Waals surface area contributed by atoms with Crippen LogP contribution in [-0.4, -0.2) is 43.5 Å². The molecule has 0 spiro atoms. The van der Waals surface area contributed by atoms with Crippen LogP contribution in [0.25, 0.3) is 0 Å². The van der Waals surface area contributed by atoms with E-state index in [1.807, 2.05) is 6.92 Å². The van der Waals surface area contributed by atoms with E-state index in [0.717, 1.165) is 18.4 Å². The zero-order chi connectivity index (χ0) is 13.9. The van der Waals surface area contributed by atoms with Crippen molar-refractivity contribution < 1.29 is 14.2 Å². The predicted molar refractivity (Wildman–Crippen MR) is 72.0 cm³/mol. The number of anilines is 1. The summed E-state index contributed by atoms with van der Waals surface area (Å²) in [4.78, 5) is 8.14. The van der Waals surface area contributed by atoms with E-state index in [1.165, 1.54) is 6.33 Å². The number of methoxy groups -OCH3 is 1. The first-order chi connectivity index (χ1) is 9.33. The smallest absolute Gasteiger partial charge is 0.221 e. The number of nitrogens with two attached hydrogens (primary N) is 1. The van der Waals surface area contributed by atoms with Crippen LogP contribution in [0.2, 0.25) is 0 Å². The molecule has 0 amide bonds. The van der Waals surface area contributed by atoms with Gasteiger partial charge in [-0.1, -0.05) is 6.92 Å². The van der Waals surface area contributed by atoms with Gasteiger partial charge in [-0.25, -0.2) is 15.8 Å². The van der Waals surface area contributed by atoms with E-state index < -0.39 is 0 Å². The highest BCUT2D eigenvalue weighted by Gasteiger charge is 2.09. The average Bonchev–Trinajstić information content (AvgIpc) is 2.45. The highest BCUT2D eigenvalue weighted by Crippen LogP contribution is 2.21. The highest BCUT2D eigenvalue weighted by atomic mass is 16.5. The third-order valence-corrected chi connectivity index (χ3v) is 2.50. The van der Waals surface area contributed by atoms with E-state index in [4.69, 9.17) is 20.1 Å². The zero-order valence-electron chi connectivity index (χ0n) is 11.5. The number of rotatable bonds is 10. The Balaban J connectivity index is 2.33. The minimum atomic E-state index is 0.445. The third kappa shape index (κ3) is 5.37. The molecule has 0 aliphatic carbocycles. The van der Waals surface area contributed by atoms with Crippen molar-refractivity contribution in [3.05, 3.63) is 11.9 Å². The normalized spacial score (nSPS) is 10.5. The first-order valence-electron chi connectivity index (χ1n) is 6.33. The Kier molecular flexibility index (Phi) is 7.80. The summed E-state index contributed by atoms with van der Waals surface area (Å²) in [6, 6.07) is 0. The van der Waals surface area contributed by atoms with E-state index in [2.05, 4.69) is 15.4 Å². The Hall–Kier alpha value is -1.44. The monoisotopic (exact) mass is 270 g/mol. The van der Waals surface area contributed by atoms with Crippen LogP contribution in [0.3, 0.4) is 0 Å². The second kappa shape index (κ2) is 9.48. The number of hydrogen-bond acceptors (Lipinski definition) is 7. The fraction of sp³-hybridized carbons (Fsp3) is 0.667. The molecule has 0 fully saturated rings. The standard InChI is InChI=1S/C12H22N4O3/c1-3-10-11(16-13)14-9-15-12(10)19-8-7-18-6-4-5-17-2/h9H,3-8,13H2,1-2H3,(H,14,15,16). The van der Waals surface area contributed by atoms with E-state index in [9.17, 15) is 0 Å². The quantitative estimate of drug-likeness (QED) is 0.368. The fourth-order valence-electron chi connectivity index (χ4n) is 1.57. The Bertz CT molecular complexity index is 363. The SMILES string of the molecule is CCc1c(NN)ncnc1OCCOCCCOC. The summed E-state index contributed by atoms with van der Waals surface area (Å²) < 4.78 is 15.9. The Morgan fingerprint density at radius 2 is 2.05 bits per heavy atom. The molecule has 0 radical (unpaired) electrons. The molecule has 1 aromatic heterocycles. The van der Waals surface area contributed by atoms with E-state index in [1.54, 1.807) is 7.11 Å². The zero-order valence-corrected chi connectivity index (χ0v) is 11.5. The summed E-state index contributed by atoms with van der Waals surface area (Å²) in [5, 5.41) is 0. The first kappa shape index (κ1) is 15.6. The average molecular weight is 270 g/mol. The summed E-state index contributed by atoms with van der Waals surface area (Å²) in [6.45, 7) is 4.33. The number of hydrazine groups is 1. The van der Waals surface area contributed by atoms with Crippen molar-refractivity contribution in [1.82, 2.24) is 9.97 Å². The molecular formula is C12H22N4O3. The molecule has 3 N–H and O–H groups in total. The van der Waals surface area contributed by atoms with Crippen molar-refractivity contribution in [2.24, 2.45) is 5.84 Å². The van der Waals surface area contributed by atoms with Crippen LogP contribution in [0, 0.1) is 0 Å². The molecule has 0 saturated carbocycles. The molecule has 108 valence electrons. The lowest BCUT2D eigenvalue weighted by atomic mass is 10.2. The summed E-state index contributed by atoms with van der Waals surface area (Å²) in [7, 11) is 1.67. The Morgan fingerprint density at radius 1 is 1.21 bits per heavy atom. The van der Waals surface area contributed by atoms with Gasteiger partial charge in [-0.15, -0.1) is 0 Å². The minimum Gasteiger partial charge on any atom is -0.475 e. The summed E-state index contributed by atoms with van der Waals surface area (Å²) in [5.41, 5.74) is 3.40. The van der Waals surface area contributed by atoms with Gasteiger partial charge >= 0.3 is 0 Å². The molecule has 0 aliphatic rings. The number of aromatic nitrogens is 2. The van der Waals surface area contributed by atoms with Crippen LogP contribution >= 0.6 is 0 Å². The Morgan fingerprint density at radius 3 is 2.74 bits per heavy atom.